The van der Waals surface area contributed by atoms with E-state index in [1.165, 1.54) is 0 Å². The second-order valence-corrected chi connectivity index (χ2v) is 5.06. The van der Waals surface area contributed by atoms with Gasteiger partial charge in [0.15, 0.2) is 0 Å². The van der Waals surface area contributed by atoms with Crippen molar-refractivity contribution in [2.24, 2.45) is 11.8 Å². The van der Waals surface area contributed by atoms with E-state index < -0.39 is 17.8 Å². The second-order valence-electron chi connectivity index (χ2n) is 5.06. The number of nitrogens with one attached hydrogen (secondary N) is 1. The molecule has 0 aliphatic heterocycles. The molecule has 5 nitrogen and oxygen atoms in total. The van der Waals surface area contributed by atoms with Gasteiger partial charge in [-0.25, -0.2) is 0 Å². The molecule has 102 valence electrons. The molecule has 0 saturated heterocycles. The number of pyridine rings is 1. The van der Waals surface area contributed by atoms with Crippen molar-refractivity contribution in [1.82, 2.24) is 4.98 Å². The maximum atomic E-state index is 12.2. The van der Waals surface area contributed by atoms with Crippen LogP contribution in [0.1, 0.15) is 30.7 Å². The molecule has 2 rings (SSSR count). The lowest BCUT2D eigenvalue weighted by Crippen LogP contribution is -2.30. The number of carboxylic acids is 1. The Hall–Kier alpha value is -1.91. The van der Waals surface area contributed by atoms with Crippen LogP contribution in [0.2, 0.25) is 0 Å². The van der Waals surface area contributed by atoms with E-state index in [9.17, 15) is 9.59 Å². The Morgan fingerprint density at radius 3 is 2.58 bits per heavy atom. The lowest BCUT2D eigenvalue weighted by molar-refractivity contribution is -0.145. The highest BCUT2D eigenvalue weighted by molar-refractivity contribution is 5.95. The van der Waals surface area contributed by atoms with Gasteiger partial charge in [0.2, 0.25) is 5.91 Å². The lowest BCUT2D eigenvalue weighted by Gasteiger charge is -2.16. The van der Waals surface area contributed by atoms with Crippen LogP contribution in [0.25, 0.3) is 0 Å². The normalized spacial score (nSPS) is 22.2. The summed E-state index contributed by atoms with van der Waals surface area (Å²) in [4.78, 5) is 27.5. The average Bonchev–Trinajstić information content (AvgIpc) is 2.82. The minimum absolute atomic E-state index is 0.210. The summed E-state index contributed by atoms with van der Waals surface area (Å²) >= 11 is 0. The Labute approximate surface area is 112 Å². The van der Waals surface area contributed by atoms with E-state index in [0.29, 0.717) is 18.5 Å². The molecule has 1 amide bonds. The molecule has 1 aliphatic rings. The second kappa shape index (κ2) is 5.38. The molecule has 1 heterocycles. The zero-order chi connectivity index (χ0) is 14.0. The average molecular weight is 262 g/mol. The van der Waals surface area contributed by atoms with Gasteiger partial charge in [0, 0.05) is 5.69 Å². The molecular formula is C14H18N2O3. The van der Waals surface area contributed by atoms with Crippen molar-refractivity contribution < 1.29 is 14.7 Å². The molecule has 2 atom stereocenters. The first kappa shape index (κ1) is 13.5. The third-order valence-electron chi connectivity index (χ3n) is 3.65. The summed E-state index contributed by atoms with van der Waals surface area (Å²) in [7, 11) is 0. The molecule has 19 heavy (non-hydrogen) atoms. The first-order valence-corrected chi connectivity index (χ1v) is 6.47. The summed E-state index contributed by atoms with van der Waals surface area (Å²) in [5.74, 6) is -2.08. The first-order valence-electron chi connectivity index (χ1n) is 6.47. The van der Waals surface area contributed by atoms with E-state index in [-0.39, 0.29) is 5.91 Å². The number of anilines is 1. The van der Waals surface area contributed by atoms with Gasteiger partial charge in [-0.15, -0.1) is 0 Å². The molecule has 1 aliphatic carbocycles. The number of amides is 1. The Morgan fingerprint density at radius 1 is 1.26 bits per heavy atom. The number of hydrogen-bond acceptors (Lipinski definition) is 3. The maximum absolute atomic E-state index is 12.2. The molecular weight excluding hydrogens is 244 g/mol. The predicted molar refractivity (Wildman–Crippen MR) is 70.8 cm³/mol. The van der Waals surface area contributed by atoms with Gasteiger partial charge >= 0.3 is 5.97 Å². The minimum Gasteiger partial charge on any atom is -0.481 e. The van der Waals surface area contributed by atoms with E-state index in [1.807, 2.05) is 19.9 Å². The van der Waals surface area contributed by atoms with Crippen LogP contribution in [-0.2, 0) is 9.59 Å². The largest absolute Gasteiger partial charge is 0.481 e. The summed E-state index contributed by atoms with van der Waals surface area (Å²) < 4.78 is 0. The Bertz CT molecular complexity index is 513. The van der Waals surface area contributed by atoms with Crippen molar-refractivity contribution in [3.8, 4) is 0 Å². The van der Waals surface area contributed by atoms with Crippen molar-refractivity contribution in [3.05, 3.63) is 23.5 Å². The number of rotatable bonds is 3. The van der Waals surface area contributed by atoms with Gasteiger partial charge in [0.1, 0.15) is 0 Å². The Balaban J connectivity index is 2.10. The minimum atomic E-state index is -0.878. The fraction of sp³-hybridized carbons (Fsp3) is 0.500. The highest BCUT2D eigenvalue weighted by Gasteiger charge is 2.37. The first-order chi connectivity index (χ1) is 8.99. The summed E-state index contributed by atoms with van der Waals surface area (Å²) in [6.07, 6.45) is 2.01. The summed E-state index contributed by atoms with van der Waals surface area (Å²) in [6.45, 7) is 3.71. The van der Waals surface area contributed by atoms with Crippen molar-refractivity contribution >= 4 is 17.6 Å². The van der Waals surface area contributed by atoms with Crippen LogP contribution in [0.15, 0.2) is 12.1 Å². The molecule has 0 spiro atoms. The highest BCUT2D eigenvalue weighted by Crippen LogP contribution is 2.33. The number of aryl methyl sites for hydroxylation is 2. The monoisotopic (exact) mass is 262 g/mol. The quantitative estimate of drug-likeness (QED) is 0.874. The van der Waals surface area contributed by atoms with Crippen molar-refractivity contribution in [3.63, 3.8) is 0 Å². The van der Waals surface area contributed by atoms with Gasteiger partial charge in [-0.05, 0) is 38.8 Å². The predicted octanol–water partition coefficient (Wildman–Crippen LogP) is 2.14. The number of carbonyl (C=O) groups is 2. The van der Waals surface area contributed by atoms with Gasteiger partial charge in [-0.3, -0.25) is 14.6 Å². The maximum Gasteiger partial charge on any atom is 0.307 e. The van der Waals surface area contributed by atoms with Gasteiger partial charge in [-0.2, -0.15) is 0 Å². The molecule has 1 aromatic heterocycles. The number of hydrogen-bond donors (Lipinski definition) is 2. The SMILES string of the molecule is Cc1ccc(NC(=O)[C@@H]2CCC[C@@H]2C(=O)O)c(C)n1. The van der Waals surface area contributed by atoms with Gasteiger partial charge in [-0.1, -0.05) is 6.42 Å². The highest BCUT2D eigenvalue weighted by atomic mass is 16.4. The lowest BCUT2D eigenvalue weighted by atomic mass is 9.95. The van der Waals surface area contributed by atoms with E-state index in [0.717, 1.165) is 17.8 Å². The molecule has 2 N–H and O–H groups in total. The molecule has 0 unspecified atom stereocenters. The molecule has 5 heteroatoms. The van der Waals surface area contributed by atoms with Crippen LogP contribution < -0.4 is 5.32 Å². The summed E-state index contributed by atoms with van der Waals surface area (Å²) in [5.41, 5.74) is 2.30. The van der Waals surface area contributed by atoms with Crippen molar-refractivity contribution in [2.45, 2.75) is 33.1 Å². The van der Waals surface area contributed by atoms with E-state index in [4.69, 9.17) is 5.11 Å². The molecule has 0 bridgehead atoms. The Kier molecular flexibility index (Phi) is 3.83. The zero-order valence-electron chi connectivity index (χ0n) is 11.1. The van der Waals surface area contributed by atoms with Crippen LogP contribution >= 0.6 is 0 Å². The van der Waals surface area contributed by atoms with Crippen molar-refractivity contribution in [2.75, 3.05) is 5.32 Å². The number of aromatic nitrogens is 1. The van der Waals surface area contributed by atoms with Crippen LogP contribution in [0.3, 0.4) is 0 Å². The number of carbonyl (C=O) groups excluding carboxylic acids is 1. The van der Waals surface area contributed by atoms with Crippen LogP contribution in [0.4, 0.5) is 5.69 Å². The summed E-state index contributed by atoms with van der Waals surface area (Å²) in [5, 5.41) is 11.9. The fourth-order valence-electron chi connectivity index (χ4n) is 2.61. The van der Waals surface area contributed by atoms with Crippen molar-refractivity contribution in [1.29, 1.82) is 0 Å². The van der Waals surface area contributed by atoms with E-state index in [1.54, 1.807) is 6.07 Å². The van der Waals surface area contributed by atoms with Crippen LogP contribution in [0.5, 0.6) is 0 Å². The van der Waals surface area contributed by atoms with Gasteiger partial charge in [0.25, 0.3) is 0 Å². The summed E-state index contributed by atoms with van der Waals surface area (Å²) in [6, 6.07) is 3.63. The fourth-order valence-corrected chi connectivity index (χ4v) is 2.61. The van der Waals surface area contributed by atoms with Gasteiger partial charge in [0.05, 0.1) is 23.2 Å². The number of carboxylic acid groups (broad SMARTS) is 1. The molecule has 0 radical (unpaired) electrons. The van der Waals surface area contributed by atoms with E-state index >= 15 is 0 Å². The van der Waals surface area contributed by atoms with Crippen LogP contribution in [0, 0.1) is 25.7 Å². The number of nitrogens with zero attached hydrogens (tertiary/aromatic N) is 1. The molecule has 1 fully saturated rings. The molecule has 1 saturated carbocycles. The third-order valence-corrected chi connectivity index (χ3v) is 3.65. The topological polar surface area (TPSA) is 79.3 Å². The third kappa shape index (κ3) is 2.92. The number of aliphatic carboxylic acids is 1. The van der Waals surface area contributed by atoms with Crippen LogP contribution in [-0.4, -0.2) is 22.0 Å². The Morgan fingerprint density at radius 2 is 1.95 bits per heavy atom. The van der Waals surface area contributed by atoms with Gasteiger partial charge < -0.3 is 10.4 Å². The zero-order valence-corrected chi connectivity index (χ0v) is 11.1. The standard InChI is InChI=1S/C14H18N2O3/c1-8-6-7-12(9(2)15-8)16-13(17)10-4-3-5-11(10)14(18)19/h6-7,10-11H,3-5H2,1-2H3,(H,16,17)(H,18,19)/t10-,11+/m1/s1. The smallest absolute Gasteiger partial charge is 0.307 e. The molecule has 0 aromatic carbocycles. The molecule has 1 aromatic rings. The van der Waals surface area contributed by atoms with E-state index in [2.05, 4.69) is 10.3 Å².